The number of hydrogen-bond donors (Lipinski definition) is 0. The van der Waals surface area contributed by atoms with Crippen LogP contribution >= 0.6 is 0 Å². The van der Waals surface area contributed by atoms with Crippen LogP contribution in [0.25, 0.3) is 28.2 Å². The van der Waals surface area contributed by atoms with Crippen LogP contribution in [-0.4, -0.2) is 68.5 Å². The molecule has 1 aliphatic heterocycles. The summed E-state index contributed by atoms with van der Waals surface area (Å²) in [6, 6.07) is 20.0. The maximum Gasteiger partial charge on any atom is 0.177 e. The number of aromatic nitrogens is 5. The standard InChI is InChI=1S/C32H32FN7O2/c1-41-38-30(31-35-16-4-17-36-31)23-13-19-39(20-14-23)18-5-21-42-26-10-8-25(9-11-26)40-29-12-7-24(33)22-28(29)37-32(40)27-6-2-3-15-34-27/h2-4,6-12,15-17,22-23H,5,13-14,18-21H2,1H3. The molecule has 0 spiro atoms. The van der Waals surface area contributed by atoms with Crippen molar-refractivity contribution >= 4 is 16.7 Å². The molecule has 10 heteroatoms. The highest BCUT2D eigenvalue weighted by molar-refractivity contribution is 5.98. The monoisotopic (exact) mass is 565 g/mol. The van der Waals surface area contributed by atoms with E-state index in [9.17, 15) is 4.39 Å². The Kier molecular flexibility index (Phi) is 8.41. The number of rotatable bonds is 10. The second-order valence-corrected chi connectivity index (χ2v) is 10.2. The maximum absolute atomic E-state index is 13.9. The van der Waals surface area contributed by atoms with Crippen LogP contribution in [0.15, 0.2) is 90.5 Å². The average Bonchev–Trinajstić information content (AvgIpc) is 3.42. The van der Waals surface area contributed by atoms with Gasteiger partial charge >= 0.3 is 0 Å². The Labute approximate surface area is 243 Å². The van der Waals surface area contributed by atoms with E-state index in [0.717, 1.165) is 61.6 Å². The number of oxime groups is 1. The first-order chi connectivity index (χ1) is 20.7. The van der Waals surface area contributed by atoms with Crippen molar-refractivity contribution in [2.75, 3.05) is 33.4 Å². The van der Waals surface area contributed by atoms with Crippen molar-refractivity contribution in [3.8, 4) is 23.0 Å². The SMILES string of the molecule is CON=C(c1ncccn1)C1CCN(CCCOc2ccc(-n3c(-c4ccccn4)nc4cc(F)ccc43)cc2)CC1. The Bertz CT molecular complexity index is 1630. The van der Waals surface area contributed by atoms with Crippen molar-refractivity contribution in [1.82, 2.24) is 29.4 Å². The van der Waals surface area contributed by atoms with Crippen molar-refractivity contribution in [2.24, 2.45) is 11.1 Å². The molecule has 6 rings (SSSR count). The number of imidazole rings is 1. The lowest BCUT2D eigenvalue weighted by Gasteiger charge is -2.31. The van der Waals surface area contributed by atoms with Gasteiger partial charge in [-0.3, -0.25) is 9.55 Å². The lowest BCUT2D eigenvalue weighted by Crippen LogP contribution is -2.38. The van der Waals surface area contributed by atoms with Crippen molar-refractivity contribution in [1.29, 1.82) is 0 Å². The minimum atomic E-state index is -0.320. The number of fused-ring (bicyclic) bond motifs is 1. The van der Waals surface area contributed by atoms with Crippen molar-refractivity contribution in [3.63, 3.8) is 0 Å². The summed E-state index contributed by atoms with van der Waals surface area (Å²) in [5.74, 6) is 2.06. The van der Waals surface area contributed by atoms with Crippen LogP contribution in [0.4, 0.5) is 4.39 Å². The summed E-state index contributed by atoms with van der Waals surface area (Å²) in [6.45, 7) is 3.56. The molecule has 2 aromatic carbocycles. The second kappa shape index (κ2) is 12.9. The van der Waals surface area contributed by atoms with Crippen molar-refractivity contribution in [2.45, 2.75) is 19.3 Å². The Hall–Kier alpha value is -4.70. The van der Waals surface area contributed by atoms with E-state index in [1.54, 1.807) is 37.8 Å². The van der Waals surface area contributed by atoms with Crippen LogP contribution in [0.2, 0.25) is 0 Å². The molecular formula is C32H32FN7O2. The van der Waals surface area contributed by atoms with Crippen molar-refractivity contribution < 1.29 is 14.0 Å². The van der Waals surface area contributed by atoms with Crippen LogP contribution in [0, 0.1) is 11.7 Å². The van der Waals surface area contributed by atoms with Gasteiger partial charge in [0.15, 0.2) is 11.6 Å². The first kappa shape index (κ1) is 27.5. The highest BCUT2D eigenvalue weighted by atomic mass is 19.1. The van der Waals surface area contributed by atoms with Gasteiger partial charge in [0.2, 0.25) is 0 Å². The number of ether oxygens (including phenoxy) is 1. The molecule has 1 fully saturated rings. The molecule has 1 saturated heterocycles. The van der Waals surface area contributed by atoms with E-state index in [-0.39, 0.29) is 11.7 Å². The van der Waals surface area contributed by atoms with Gasteiger partial charge in [-0.05, 0) is 86.9 Å². The summed E-state index contributed by atoms with van der Waals surface area (Å²) in [6.07, 6.45) is 8.09. The van der Waals surface area contributed by atoms with Crippen LogP contribution in [0.1, 0.15) is 25.1 Å². The molecule has 0 radical (unpaired) electrons. The lowest BCUT2D eigenvalue weighted by atomic mass is 9.91. The average molecular weight is 566 g/mol. The van der Waals surface area contributed by atoms with Crippen LogP contribution in [0.3, 0.4) is 0 Å². The number of nitrogens with zero attached hydrogens (tertiary/aromatic N) is 7. The normalized spacial score (nSPS) is 14.8. The predicted molar refractivity (Wildman–Crippen MR) is 159 cm³/mol. The third-order valence-corrected chi connectivity index (χ3v) is 7.45. The largest absolute Gasteiger partial charge is 0.494 e. The van der Waals surface area contributed by atoms with Gasteiger partial charge in [-0.15, -0.1) is 0 Å². The lowest BCUT2D eigenvalue weighted by molar-refractivity contribution is 0.183. The quantitative estimate of drug-likeness (QED) is 0.125. The molecule has 0 atom stereocenters. The van der Waals surface area contributed by atoms with E-state index in [2.05, 4.69) is 25.0 Å². The van der Waals surface area contributed by atoms with E-state index in [0.29, 0.717) is 29.5 Å². The van der Waals surface area contributed by atoms with Crippen LogP contribution < -0.4 is 4.74 Å². The van der Waals surface area contributed by atoms with Gasteiger partial charge in [-0.25, -0.2) is 19.3 Å². The van der Waals surface area contributed by atoms with E-state index in [1.807, 2.05) is 47.0 Å². The highest BCUT2D eigenvalue weighted by Gasteiger charge is 2.26. The fraction of sp³-hybridized carbons (Fsp3) is 0.281. The molecule has 0 amide bonds. The maximum atomic E-state index is 13.9. The fourth-order valence-electron chi connectivity index (χ4n) is 5.41. The summed E-state index contributed by atoms with van der Waals surface area (Å²) in [4.78, 5) is 25.4. The van der Waals surface area contributed by atoms with Gasteiger partial charge in [0.25, 0.3) is 0 Å². The Balaban J connectivity index is 1.04. The van der Waals surface area contributed by atoms with E-state index < -0.39 is 0 Å². The molecule has 4 heterocycles. The van der Waals surface area contributed by atoms with Gasteiger partial charge in [-0.1, -0.05) is 11.2 Å². The molecular weight excluding hydrogens is 533 g/mol. The number of halogens is 1. The Morgan fingerprint density at radius 2 is 1.74 bits per heavy atom. The number of hydrogen-bond acceptors (Lipinski definition) is 8. The third kappa shape index (κ3) is 6.13. The zero-order chi connectivity index (χ0) is 28.7. The molecule has 5 aromatic rings. The van der Waals surface area contributed by atoms with Crippen LogP contribution in [-0.2, 0) is 4.84 Å². The molecule has 0 aliphatic carbocycles. The van der Waals surface area contributed by atoms with Gasteiger partial charge in [0.1, 0.15) is 30.1 Å². The first-order valence-corrected chi connectivity index (χ1v) is 14.1. The van der Waals surface area contributed by atoms with Gasteiger partial charge < -0.3 is 14.5 Å². The molecule has 9 nitrogen and oxygen atoms in total. The molecule has 1 aliphatic rings. The minimum absolute atomic E-state index is 0.281. The molecule has 0 N–H and O–H groups in total. The van der Waals surface area contributed by atoms with E-state index >= 15 is 0 Å². The van der Waals surface area contributed by atoms with Crippen molar-refractivity contribution in [3.05, 3.63) is 97.0 Å². The fourth-order valence-corrected chi connectivity index (χ4v) is 5.41. The molecule has 0 unspecified atom stereocenters. The summed E-state index contributed by atoms with van der Waals surface area (Å²) in [5, 5.41) is 4.24. The smallest absolute Gasteiger partial charge is 0.177 e. The summed E-state index contributed by atoms with van der Waals surface area (Å²) >= 11 is 0. The number of piperidine rings is 1. The number of benzene rings is 2. The minimum Gasteiger partial charge on any atom is -0.494 e. The Morgan fingerprint density at radius 1 is 0.952 bits per heavy atom. The summed E-state index contributed by atoms with van der Waals surface area (Å²) in [5.41, 5.74) is 3.83. The Morgan fingerprint density at radius 3 is 2.48 bits per heavy atom. The van der Waals surface area contributed by atoms with Gasteiger partial charge in [0, 0.05) is 42.8 Å². The highest BCUT2D eigenvalue weighted by Crippen LogP contribution is 2.29. The predicted octanol–water partition coefficient (Wildman–Crippen LogP) is 5.55. The second-order valence-electron chi connectivity index (χ2n) is 10.2. The molecule has 0 saturated carbocycles. The molecule has 214 valence electrons. The zero-order valence-electron chi connectivity index (χ0n) is 23.4. The molecule has 3 aromatic heterocycles. The van der Waals surface area contributed by atoms with E-state index in [1.165, 1.54) is 12.1 Å². The summed E-state index contributed by atoms with van der Waals surface area (Å²) < 4.78 is 22.0. The summed E-state index contributed by atoms with van der Waals surface area (Å²) in [7, 11) is 1.56. The van der Waals surface area contributed by atoms with Gasteiger partial charge in [0.05, 0.1) is 17.6 Å². The topological polar surface area (TPSA) is 90.6 Å². The van der Waals surface area contributed by atoms with Crippen LogP contribution in [0.5, 0.6) is 5.75 Å². The number of likely N-dealkylation sites (tertiary alicyclic amines) is 1. The molecule has 42 heavy (non-hydrogen) atoms. The number of pyridine rings is 1. The first-order valence-electron chi connectivity index (χ1n) is 14.1. The molecule has 0 bridgehead atoms. The third-order valence-electron chi connectivity index (χ3n) is 7.45. The zero-order valence-corrected chi connectivity index (χ0v) is 23.4. The van der Waals surface area contributed by atoms with Gasteiger partial charge in [-0.2, -0.15) is 0 Å². The van der Waals surface area contributed by atoms with E-state index in [4.69, 9.17) is 14.6 Å².